The Balaban J connectivity index is 1.94. The van der Waals surface area contributed by atoms with Gasteiger partial charge in [0.15, 0.2) is 13.6 Å². The van der Waals surface area contributed by atoms with Crippen LogP contribution in [0.3, 0.4) is 0 Å². The van der Waals surface area contributed by atoms with Gasteiger partial charge in [0.25, 0.3) is 0 Å². The second-order valence-electron chi connectivity index (χ2n) is 3.59. The largest absolute Gasteiger partial charge is 0.314 e. The van der Waals surface area contributed by atoms with E-state index in [2.05, 4.69) is 31.1 Å². The van der Waals surface area contributed by atoms with E-state index in [-0.39, 0.29) is 0 Å². The Labute approximate surface area is 126 Å². The Morgan fingerprint density at radius 1 is 1.37 bits per heavy atom. The third-order valence-corrected chi connectivity index (χ3v) is 6.14. The first-order valence-electron chi connectivity index (χ1n) is 5.46. The zero-order valence-electron chi connectivity index (χ0n) is 10.3. The Hall–Kier alpha value is -0.610. The molecule has 0 aromatic carbocycles. The van der Waals surface area contributed by atoms with Crippen molar-refractivity contribution in [2.75, 3.05) is 13.3 Å². The van der Waals surface area contributed by atoms with Gasteiger partial charge in [-0.3, -0.25) is 4.40 Å². The van der Waals surface area contributed by atoms with Crippen molar-refractivity contribution in [3.63, 3.8) is 0 Å². The molecular weight excluding hydrogens is 318 g/mol. The van der Waals surface area contributed by atoms with Gasteiger partial charge in [-0.25, -0.2) is 4.98 Å². The molecule has 0 bridgehead atoms. The van der Waals surface area contributed by atoms with Crippen LogP contribution in [-0.2, 0) is 6.54 Å². The molecule has 19 heavy (non-hydrogen) atoms. The summed E-state index contributed by atoms with van der Waals surface area (Å²) in [5.41, 5.74) is 1.17. The van der Waals surface area contributed by atoms with E-state index < -0.39 is 0 Å². The fourth-order valence-corrected chi connectivity index (χ4v) is 4.89. The zero-order valence-corrected chi connectivity index (χ0v) is 13.5. The number of imidazole rings is 1. The number of thiazole rings is 1. The number of nitrogens with one attached hydrogen (secondary N) is 1. The number of fused-ring (bicyclic) bond motifs is 1. The molecule has 3 aromatic heterocycles. The maximum Gasteiger partial charge on any atom is 0.194 e. The van der Waals surface area contributed by atoms with E-state index in [1.54, 1.807) is 46.2 Å². The maximum absolute atomic E-state index is 4.66. The minimum Gasteiger partial charge on any atom is -0.314 e. The van der Waals surface area contributed by atoms with Crippen LogP contribution in [0.4, 0.5) is 0 Å². The summed E-state index contributed by atoms with van der Waals surface area (Å²) in [5, 5.41) is 14.5. The quantitative estimate of drug-likeness (QED) is 0.727. The first kappa shape index (κ1) is 13.4. The molecule has 0 unspecified atom stereocenters. The molecule has 0 amide bonds. The molecule has 0 saturated carbocycles. The van der Waals surface area contributed by atoms with Gasteiger partial charge in [0.05, 0.1) is 5.69 Å². The molecule has 9 heteroatoms. The minimum absolute atomic E-state index is 0.786. The number of aromatic nitrogens is 4. The smallest absolute Gasteiger partial charge is 0.194 e. The first-order valence-corrected chi connectivity index (χ1v) is 9.20. The molecule has 0 aliphatic rings. The fourth-order valence-electron chi connectivity index (χ4n) is 1.63. The van der Waals surface area contributed by atoms with Crippen LogP contribution in [0.5, 0.6) is 0 Å². The van der Waals surface area contributed by atoms with Crippen LogP contribution in [0.25, 0.3) is 4.96 Å². The Morgan fingerprint density at radius 3 is 2.95 bits per heavy atom. The summed E-state index contributed by atoms with van der Waals surface area (Å²) < 4.78 is 4.05. The average Bonchev–Trinajstić information content (AvgIpc) is 3.09. The monoisotopic (exact) mass is 329 g/mol. The molecule has 3 aromatic rings. The van der Waals surface area contributed by atoms with Crippen molar-refractivity contribution in [3.05, 3.63) is 17.3 Å². The lowest BCUT2D eigenvalue weighted by Gasteiger charge is -2.00. The van der Waals surface area contributed by atoms with Crippen molar-refractivity contribution in [1.29, 1.82) is 0 Å². The highest BCUT2D eigenvalue weighted by atomic mass is 32.2. The van der Waals surface area contributed by atoms with Gasteiger partial charge in [-0.05, 0) is 25.1 Å². The van der Waals surface area contributed by atoms with E-state index in [1.807, 2.05) is 18.7 Å². The molecule has 3 heterocycles. The van der Waals surface area contributed by atoms with Gasteiger partial charge in [0.2, 0.25) is 0 Å². The molecule has 0 aliphatic heterocycles. The lowest BCUT2D eigenvalue weighted by molar-refractivity contribution is 0.765. The fraction of sp³-hybridized carbons (Fsp3) is 0.300. The summed E-state index contributed by atoms with van der Waals surface area (Å²) >= 11 is 6.45. The third kappa shape index (κ3) is 2.65. The lowest BCUT2D eigenvalue weighted by Crippen LogP contribution is -2.07. The van der Waals surface area contributed by atoms with Gasteiger partial charge in [-0.2, -0.15) is 0 Å². The van der Waals surface area contributed by atoms with E-state index in [0.29, 0.717) is 0 Å². The van der Waals surface area contributed by atoms with Crippen LogP contribution in [-0.4, -0.2) is 32.9 Å². The summed E-state index contributed by atoms with van der Waals surface area (Å²) in [6, 6.07) is 0. The Bertz CT molecular complexity index is 685. The molecule has 0 spiro atoms. The predicted octanol–water partition coefficient (Wildman–Crippen LogP) is 2.84. The molecule has 0 fully saturated rings. The van der Waals surface area contributed by atoms with Gasteiger partial charge in [-0.1, -0.05) is 23.1 Å². The van der Waals surface area contributed by atoms with E-state index in [0.717, 1.165) is 25.2 Å². The van der Waals surface area contributed by atoms with Crippen LogP contribution in [0.2, 0.25) is 0 Å². The topological polar surface area (TPSA) is 55.1 Å². The van der Waals surface area contributed by atoms with Crippen molar-refractivity contribution < 1.29 is 0 Å². The summed E-state index contributed by atoms with van der Waals surface area (Å²) in [6.45, 7) is 0.786. The van der Waals surface area contributed by atoms with Gasteiger partial charge in [0.1, 0.15) is 5.03 Å². The van der Waals surface area contributed by atoms with E-state index in [4.69, 9.17) is 0 Å². The van der Waals surface area contributed by atoms with Crippen LogP contribution in [0, 0.1) is 0 Å². The van der Waals surface area contributed by atoms with Crippen molar-refractivity contribution >= 4 is 51.2 Å². The Kier molecular flexibility index (Phi) is 4.08. The average molecular weight is 330 g/mol. The van der Waals surface area contributed by atoms with Crippen LogP contribution in [0.15, 0.2) is 25.3 Å². The normalized spacial score (nSPS) is 11.5. The SMILES string of the molecule is CNCc1c(Sc2nnc(SC)s2)nc2sccn12. The molecule has 3 rings (SSSR count). The summed E-state index contributed by atoms with van der Waals surface area (Å²) in [5.74, 6) is 0. The van der Waals surface area contributed by atoms with E-state index in [9.17, 15) is 0 Å². The van der Waals surface area contributed by atoms with Gasteiger partial charge < -0.3 is 5.32 Å². The van der Waals surface area contributed by atoms with Crippen LogP contribution in [0.1, 0.15) is 5.69 Å². The third-order valence-electron chi connectivity index (χ3n) is 2.42. The standard InChI is InChI=1S/C10H11N5S4/c1-11-5-6-7(12-8-15(6)3-4-17-8)18-10-14-13-9(16-2)19-10/h3-4,11H,5H2,1-2H3. The highest BCUT2D eigenvalue weighted by Crippen LogP contribution is 2.35. The van der Waals surface area contributed by atoms with E-state index in [1.165, 1.54) is 5.69 Å². The van der Waals surface area contributed by atoms with Gasteiger partial charge in [-0.15, -0.1) is 21.5 Å². The van der Waals surface area contributed by atoms with Gasteiger partial charge in [0, 0.05) is 18.1 Å². The number of hydrogen-bond donors (Lipinski definition) is 1. The maximum atomic E-state index is 4.66. The van der Waals surface area contributed by atoms with Crippen molar-refractivity contribution in [1.82, 2.24) is 24.9 Å². The van der Waals surface area contributed by atoms with Crippen LogP contribution >= 0.6 is 46.2 Å². The number of rotatable bonds is 5. The van der Waals surface area contributed by atoms with Crippen molar-refractivity contribution in [2.24, 2.45) is 0 Å². The minimum atomic E-state index is 0.786. The molecule has 0 atom stereocenters. The van der Waals surface area contributed by atoms with Gasteiger partial charge >= 0.3 is 0 Å². The zero-order chi connectivity index (χ0) is 13.2. The molecule has 0 aliphatic carbocycles. The summed E-state index contributed by atoms with van der Waals surface area (Å²) in [4.78, 5) is 5.67. The highest BCUT2D eigenvalue weighted by molar-refractivity contribution is 8.03. The molecule has 0 saturated heterocycles. The predicted molar refractivity (Wildman–Crippen MR) is 81.6 cm³/mol. The second-order valence-corrected chi connectivity index (χ2v) is 7.73. The van der Waals surface area contributed by atoms with Crippen LogP contribution < -0.4 is 5.32 Å². The number of nitrogens with zero attached hydrogens (tertiary/aromatic N) is 4. The number of hydrogen-bond acceptors (Lipinski definition) is 8. The number of thioether (sulfide) groups is 1. The molecule has 1 N–H and O–H groups in total. The molecule has 5 nitrogen and oxygen atoms in total. The Morgan fingerprint density at radius 2 is 2.21 bits per heavy atom. The summed E-state index contributed by atoms with van der Waals surface area (Å²) in [7, 11) is 1.94. The summed E-state index contributed by atoms with van der Waals surface area (Å²) in [6.07, 6.45) is 4.06. The molecule has 0 radical (unpaired) electrons. The molecular formula is C10H11N5S4. The molecule has 100 valence electrons. The second kappa shape index (κ2) is 5.80. The lowest BCUT2D eigenvalue weighted by atomic mass is 10.5. The highest BCUT2D eigenvalue weighted by Gasteiger charge is 2.15. The van der Waals surface area contributed by atoms with Crippen molar-refractivity contribution in [2.45, 2.75) is 20.3 Å². The van der Waals surface area contributed by atoms with Crippen molar-refractivity contribution in [3.8, 4) is 0 Å². The van der Waals surface area contributed by atoms with E-state index >= 15 is 0 Å². The first-order chi connectivity index (χ1) is 9.31.